The molecule has 0 unspecified atom stereocenters. The molecule has 0 aliphatic rings. The van der Waals surface area contributed by atoms with E-state index in [1.807, 2.05) is 19.2 Å². The van der Waals surface area contributed by atoms with Crippen LogP contribution in [0.25, 0.3) is 10.8 Å². The molecule has 136 valence electrons. The van der Waals surface area contributed by atoms with Crippen LogP contribution in [0, 0.1) is 0 Å². The van der Waals surface area contributed by atoms with Crippen LogP contribution in [0.1, 0.15) is 47.9 Å². The molecule has 0 atom stereocenters. The van der Waals surface area contributed by atoms with Gasteiger partial charge in [0.1, 0.15) is 6.61 Å². The Labute approximate surface area is 155 Å². The fraction of sp³-hybridized carbons (Fsp3) is 0.368. The van der Waals surface area contributed by atoms with Gasteiger partial charge in [0, 0.05) is 17.3 Å². The summed E-state index contributed by atoms with van der Waals surface area (Å²) in [5, 5.41) is 8.17. The number of esters is 1. The van der Waals surface area contributed by atoms with Gasteiger partial charge in [0.25, 0.3) is 5.56 Å². The Bertz CT molecular complexity index is 978. The molecule has 0 saturated heterocycles. The lowest BCUT2D eigenvalue weighted by atomic mass is 10.1. The molecule has 0 bridgehead atoms. The summed E-state index contributed by atoms with van der Waals surface area (Å²) in [6.07, 6.45) is 2.61. The molecule has 2 aromatic heterocycles. The molecule has 3 aromatic rings. The Morgan fingerprint density at radius 2 is 2.00 bits per heavy atom. The number of hydrogen-bond acceptors (Lipinski definition) is 6. The van der Waals surface area contributed by atoms with Crippen molar-refractivity contribution in [2.45, 2.75) is 46.3 Å². The van der Waals surface area contributed by atoms with Crippen molar-refractivity contribution in [2.24, 2.45) is 0 Å². The highest BCUT2D eigenvalue weighted by Gasteiger charge is 2.18. The van der Waals surface area contributed by atoms with Gasteiger partial charge in [0.05, 0.1) is 16.1 Å². The molecule has 6 nitrogen and oxygen atoms in total. The van der Waals surface area contributed by atoms with Crippen LogP contribution >= 0.6 is 11.3 Å². The molecule has 0 saturated carbocycles. The monoisotopic (exact) mass is 371 g/mol. The minimum absolute atomic E-state index is 0.0967. The zero-order valence-corrected chi connectivity index (χ0v) is 15.7. The number of aryl methyl sites for hydroxylation is 2. The zero-order valence-electron chi connectivity index (χ0n) is 14.9. The number of unbranched alkanes of at least 4 members (excludes halogenated alkanes) is 1. The highest BCUT2D eigenvalue weighted by molar-refractivity contribution is 7.09. The summed E-state index contributed by atoms with van der Waals surface area (Å²) < 4.78 is 6.77. The number of carbonyl (C=O) groups excluding carboxylic acids is 1. The number of aromatic nitrogens is 3. The van der Waals surface area contributed by atoms with Gasteiger partial charge in [-0.2, -0.15) is 5.10 Å². The number of nitrogens with zero attached hydrogens (tertiary/aromatic N) is 3. The van der Waals surface area contributed by atoms with Gasteiger partial charge in [0.15, 0.2) is 5.69 Å². The minimum atomic E-state index is -0.544. The summed E-state index contributed by atoms with van der Waals surface area (Å²) in [4.78, 5) is 29.6. The highest BCUT2D eigenvalue weighted by Crippen LogP contribution is 2.16. The predicted molar refractivity (Wildman–Crippen MR) is 102 cm³/mol. The number of rotatable bonds is 7. The van der Waals surface area contributed by atoms with Crippen molar-refractivity contribution in [3.8, 4) is 0 Å². The van der Waals surface area contributed by atoms with E-state index in [0.717, 1.165) is 30.0 Å². The number of hydrogen-bond donors (Lipinski definition) is 0. The van der Waals surface area contributed by atoms with Crippen molar-refractivity contribution in [3.63, 3.8) is 0 Å². The fourth-order valence-corrected chi connectivity index (χ4v) is 3.36. The molecule has 3 rings (SSSR count). The second kappa shape index (κ2) is 8.23. The molecule has 1 aromatic carbocycles. The van der Waals surface area contributed by atoms with Gasteiger partial charge in [0.2, 0.25) is 0 Å². The van der Waals surface area contributed by atoms with Crippen LogP contribution in [0.5, 0.6) is 0 Å². The Kier molecular flexibility index (Phi) is 5.78. The van der Waals surface area contributed by atoms with Crippen molar-refractivity contribution in [3.05, 3.63) is 56.4 Å². The number of benzene rings is 1. The molecule has 0 aliphatic carbocycles. The lowest BCUT2D eigenvalue weighted by Crippen LogP contribution is -2.26. The summed E-state index contributed by atoms with van der Waals surface area (Å²) in [6.45, 7) is 4.65. The maximum absolute atomic E-state index is 12.6. The first-order valence-electron chi connectivity index (χ1n) is 8.74. The normalized spacial score (nSPS) is 11.0. The molecule has 0 spiro atoms. The van der Waals surface area contributed by atoms with Crippen LogP contribution in [-0.2, 0) is 24.3 Å². The van der Waals surface area contributed by atoms with Crippen molar-refractivity contribution in [1.82, 2.24) is 14.8 Å². The number of ether oxygens (including phenoxy) is 1. The third kappa shape index (κ3) is 3.83. The first-order chi connectivity index (χ1) is 12.6. The van der Waals surface area contributed by atoms with E-state index in [1.54, 1.807) is 35.6 Å². The van der Waals surface area contributed by atoms with Crippen molar-refractivity contribution < 1.29 is 9.53 Å². The molecule has 0 amide bonds. The van der Waals surface area contributed by atoms with Crippen LogP contribution in [-0.4, -0.2) is 20.7 Å². The molecule has 7 heteroatoms. The minimum Gasteiger partial charge on any atom is -0.454 e. The summed E-state index contributed by atoms with van der Waals surface area (Å²) >= 11 is 1.55. The summed E-state index contributed by atoms with van der Waals surface area (Å²) in [5.41, 5.74) is 0.712. The predicted octanol–water partition coefficient (Wildman–Crippen LogP) is 3.57. The molecule has 0 N–H and O–H groups in total. The van der Waals surface area contributed by atoms with Gasteiger partial charge < -0.3 is 4.74 Å². The van der Waals surface area contributed by atoms with Gasteiger partial charge in [-0.25, -0.2) is 14.5 Å². The topological polar surface area (TPSA) is 74.1 Å². The molecular weight excluding hydrogens is 350 g/mol. The van der Waals surface area contributed by atoms with Crippen molar-refractivity contribution in [2.75, 3.05) is 0 Å². The van der Waals surface area contributed by atoms with Gasteiger partial charge in [-0.1, -0.05) is 38.5 Å². The van der Waals surface area contributed by atoms with Crippen LogP contribution in [0.4, 0.5) is 0 Å². The van der Waals surface area contributed by atoms with Gasteiger partial charge >= 0.3 is 5.97 Å². The van der Waals surface area contributed by atoms with Crippen molar-refractivity contribution >= 4 is 28.1 Å². The van der Waals surface area contributed by atoms with Gasteiger partial charge in [-0.15, -0.1) is 11.3 Å². The first-order valence-corrected chi connectivity index (χ1v) is 9.62. The Balaban J connectivity index is 1.90. The highest BCUT2D eigenvalue weighted by atomic mass is 32.1. The first kappa shape index (κ1) is 18.3. The standard InChI is InChI=1S/C19H21N3O3S/c1-3-5-10-22-18(23)15-9-7-6-8-14(15)17(21-22)19(24)25-11-13-12-26-16(4-2)20-13/h6-9,12H,3-5,10-11H2,1-2H3. The van der Waals surface area contributed by atoms with Gasteiger partial charge in [-0.3, -0.25) is 4.79 Å². The van der Waals surface area contributed by atoms with E-state index in [0.29, 0.717) is 17.3 Å². The second-order valence-electron chi connectivity index (χ2n) is 5.94. The summed E-state index contributed by atoms with van der Waals surface area (Å²) in [5.74, 6) is -0.544. The smallest absolute Gasteiger partial charge is 0.359 e. The number of carbonyl (C=O) groups is 1. The second-order valence-corrected chi connectivity index (χ2v) is 6.88. The maximum atomic E-state index is 12.6. The lowest BCUT2D eigenvalue weighted by Gasteiger charge is -2.10. The molecule has 0 radical (unpaired) electrons. The molecular formula is C19H21N3O3S. The lowest BCUT2D eigenvalue weighted by molar-refractivity contribution is 0.0461. The molecule has 2 heterocycles. The fourth-order valence-electron chi connectivity index (χ4n) is 2.63. The average molecular weight is 371 g/mol. The van der Waals surface area contributed by atoms with E-state index in [2.05, 4.69) is 10.1 Å². The van der Waals surface area contributed by atoms with Crippen LogP contribution in [0.3, 0.4) is 0 Å². The quantitative estimate of drug-likeness (QED) is 0.594. The zero-order chi connectivity index (χ0) is 18.5. The maximum Gasteiger partial charge on any atom is 0.359 e. The van der Waals surface area contributed by atoms with Gasteiger partial charge in [-0.05, 0) is 18.9 Å². The SMILES string of the molecule is CCCCn1nc(C(=O)OCc2csc(CC)n2)c2ccccc2c1=O. The molecule has 0 fully saturated rings. The van der Waals surface area contributed by atoms with E-state index in [9.17, 15) is 9.59 Å². The van der Waals surface area contributed by atoms with E-state index in [1.165, 1.54) is 4.68 Å². The Hall–Kier alpha value is -2.54. The average Bonchev–Trinajstić information content (AvgIpc) is 3.14. The van der Waals surface area contributed by atoms with E-state index >= 15 is 0 Å². The largest absolute Gasteiger partial charge is 0.454 e. The summed E-state index contributed by atoms with van der Waals surface area (Å²) in [6, 6.07) is 7.00. The Morgan fingerprint density at radius 3 is 2.69 bits per heavy atom. The molecule has 26 heavy (non-hydrogen) atoms. The van der Waals surface area contributed by atoms with E-state index in [4.69, 9.17) is 4.74 Å². The number of fused-ring (bicyclic) bond motifs is 1. The van der Waals surface area contributed by atoms with E-state index < -0.39 is 5.97 Å². The number of thiazole rings is 1. The third-order valence-electron chi connectivity index (χ3n) is 4.04. The van der Waals surface area contributed by atoms with E-state index in [-0.39, 0.29) is 17.9 Å². The van der Waals surface area contributed by atoms with Crippen LogP contribution in [0.2, 0.25) is 0 Å². The Morgan fingerprint density at radius 1 is 1.23 bits per heavy atom. The van der Waals surface area contributed by atoms with Crippen LogP contribution in [0.15, 0.2) is 34.4 Å². The van der Waals surface area contributed by atoms with Crippen molar-refractivity contribution in [1.29, 1.82) is 0 Å². The third-order valence-corrected chi connectivity index (χ3v) is 5.08. The molecule has 0 aliphatic heterocycles. The summed E-state index contributed by atoms with van der Waals surface area (Å²) in [7, 11) is 0. The van der Waals surface area contributed by atoms with Crippen LogP contribution < -0.4 is 5.56 Å².